The van der Waals surface area contributed by atoms with E-state index in [2.05, 4.69) is 117 Å². The van der Waals surface area contributed by atoms with E-state index in [1.54, 1.807) is 0 Å². The fourth-order valence-electron chi connectivity index (χ4n) is 6.47. The van der Waals surface area contributed by atoms with Gasteiger partial charge in [0.25, 0.3) is 0 Å². The number of hydrogen-bond acceptors (Lipinski definition) is 4. The van der Waals surface area contributed by atoms with E-state index in [-0.39, 0.29) is 18.7 Å². The van der Waals surface area contributed by atoms with Gasteiger partial charge in [-0.2, -0.15) is 0 Å². The summed E-state index contributed by atoms with van der Waals surface area (Å²) in [4.78, 5) is 2.43. The Labute approximate surface area is 221 Å². The first kappa shape index (κ1) is 24.8. The highest BCUT2D eigenvalue weighted by Crippen LogP contribution is 2.57. The molecule has 0 spiro atoms. The van der Waals surface area contributed by atoms with Crippen LogP contribution in [0.3, 0.4) is 0 Å². The van der Waals surface area contributed by atoms with Gasteiger partial charge in [0, 0.05) is 0 Å². The zero-order valence-electron chi connectivity index (χ0n) is 22.3. The van der Waals surface area contributed by atoms with Gasteiger partial charge in [-0.25, -0.2) is 4.90 Å². The second-order valence-electron chi connectivity index (χ2n) is 11.8. The Morgan fingerprint density at radius 3 is 1.03 bits per heavy atom. The van der Waals surface area contributed by atoms with Gasteiger partial charge in [0.1, 0.15) is 35.5 Å². The summed E-state index contributed by atoms with van der Waals surface area (Å²) in [5.74, 6) is 0. The Morgan fingerprint density at radius 1 is 0.486 bits per heavy atom. The van der Waals surface area contributed by atoms with Gasteiger partial charge in [0.05, 0.1) is 0 Å². The lowest BCUT2D eigenvalue weighted by molar-refractivity contribution is -0.135. The molecule has 0 amide bonds. The molecule has 3 aromatic carbocycles. The third-order valence-electron chi connectivity index (χ3n) is 8.78. The van der Waals surface area contributed by atoms with Crippen LogP contribution in [0.15, 0.2) is 91.0 Å². The molecule has 0 unspecified atom stereocenters. The molecule has 6 atom stereocenters. The molecule has 37 heavy (non-hydrogen) atoms. The second-order valence-corrected chi connectivity index (χ2v) is 11.8. The van der Waals surface area contributed by atoms with Gasteiger partial charge in [-0.3, -0.25) is 0 Å². The molecule has 3 aliphatic rings. The molecule has 3 heterocycles. The summed E-state index contributed by atoms with van der Waals surface area (Å²) in [6.45, 7) is 6.74. The minimum Gasteiger partial charge on any atom is -0.350 e. The number of rotatable bonds is 9. The van der Waals surface area contributed by atoms with Gasteiger partial charge in [0.2, 0.25) is 0 Å². The van der Waals surface area contributed by atoms with Crippen molar-refractivity contribution >= 4 is 0 Å². The minimum atomic E-state index is -0.402. The van der Waals surface area contributed by atoms with Crippen LogP contribution in [0, 0.1) is 0 Å². The average molecular weight is 498 g/mol. The van der Waals surface area contributed by atoms with E-state index >= 15 is 0 Å². The largest absolute Gasteiger partial charge is 0.350 e. The third kappa shape index (κ3) is 4.66. The lowest BCUT2D eigenvalue weighted by atomic mass is 9.95. The third-order valence-corrected chi connectivity index (χ3v) is 8.78. The van der Waals surface area contributed by atoms with Gasteiger partial charge < -0.3 is 14.2 Å². The van der Waals surface area contributed by atoms with Crippen LogP contribution in [0.5, 0.6) is 0 Å². The van der Waals surface area contributed by atoms with E-state index in [0.717, 1.165) is 38.5 Å². The normalized spacial score (nSPS) is 34.6. The average Bonchev–Trinajstić information content (AvgIpc) is 3.50. The van der Waals surface area contributed by atoms with Crippen LogP contribution in [-0.2, 0) is 33.5 Å². The van der Waals surface area contributed by atoms with Crippen molar-refractivity contribution in [3.05, 3.63) is 108 Å². The predicted octanol–water partition coefficient (Wildman–Crippen LogP) is 6.53. The summed E-state index contributed by atoms with van der Waals surface area (Å²) in [6.07, 6.45) is 5.25. The minimum absolute atomic E-state index is 0.120. The lowest BCUT2D eigenvalue weighted by Gasteiger charge is -2.32. The van der Waals surface area contributed by atoms with Gasteiger partial charge in [-0.05, 0) is 76.0 Å². The predicted molar refractivity (Wildman–Crippen MR) is 146 cm³/mol. The maximum absolute atomic E-state index is 6.96. The molecule has 3 saturated heterocycles. The van der Waals surface area contributed by atoms with Crippen molar-refractivity contribution in [2.45, 2.75) is 94.8 Å². The Balaban J connectivity index is 1.26. The van der Waals surface area contributed by atoms with E-state index in [1.807, 2.05) is 0 Å². The maximum Gasteiger partial charge on any atom is 0.144 e. The van der Waals surface area contributed by atoms with Crippen LogP contribution >= 0.6 is 0 Å². The van der Waals surface area contributed by atoms with Gasteiger partial charge in [-0.15, -0.1) is 0 Å². The zero-order chi connectivity index (χ0) is 25.5. The fraction of sp³-hybridized carbons (Fsp3) is 0.455. The molecular weight excluding hydrogens is 458 g/mol. The molecule has 3 aliphatic heterocycles. The van der Waals surface area contributed by atoms with Crippen molar-refractivity contribution in [2.24, 2.45) is 0 Å². The Hall–Kier alpha value is -2.50. The van der Waals surface area contributed by atoms with Crippen LogP contribution < -0.4 is 0 Å². The summed E-state index contributed by atoms with van der Waals surface area (Å²) in [6, 6.07) is 32.1. The van der Waals surface area contributed by atoms with Crippen molar-refractivity contribution in [3.63, 3.8) is 0 Å². The molecular formula is C33H39NO3. The molecule has 0 radical (unpaired) electrons. The number of ether oxygens (including phenoxy) is 3. The molecule has 0 aromatic heterocycles. The van der Waals surface area contributed by atoms with Gasteiger partial charge in [0.15, 0.2) is 0 Å². The lowest BCUT2D eigenvalue weighted by Crippen LogP contribution is -2.42. The first-order chi connectivity index (χ1) is 17.9. The Morgan fingerprint density at radius 2 is 0.757 bits per heavy atom. The van der Waals surface area contributed by atoms with Crippen LogP contribution in [0.4, 0.5) is 0 Å². The molecule has 4 nitrogen and oxygen atoms in total. The first-order valence-electron chi connectivity index (χ1n) is 13.8. The van der Waals surface area contributed by atoms with E-state index in [1.165, 1.54) is 16.7 Å². The summed E-state index contributed by atoms with van der Waals surface area (Å²) in [7, 11) is 0. The molecule has 3 fully saturated rings. The summed E-state index contributed by atoms with van der Waals surface area (Å²) >= 11 is 0. The van der Waals surface area contributed by atoms with Gasteiger partial charge in [-0.1, -0.05) is 91.0 Å². The topological polar surface area (TPSA) is 30.9 Å². The van der Waals surface area contributed by atoms with Crippen molar-refractivity contribution in [2.75, 3.05) is 0 Å². The van der Waals surface area contributed by atoms with Crippen molar-refractivity contribution < 1.29 is 14.2 Å². The SMILES string of the molecule is C[C@@]1(CCc2ccccc2)O[C@@H]2N3[C@H]1O[C@@](C)(CCc1ccccc1)[C@@H]3O[C@@]2(C)CCc1ccccc1. The smallest absolute Gasteiger partial charge is 0.144 e. The van der Waals surface area contributed by atoms with Gasteiger partial charge >= 0.3 is 0 Å². The van der Waals surface area contributed by atoms with Crippen LogP contribution in [0.25, 0.3) is 0 Å². The van der Waals surface area contributed by atoms with E-state index in [0.29, 0.717) is 0 Å². The van der Waals surface area contributed by atoms with Crippen molar-refractivity contribution in [1.29, 1.82) is 0 Å². The van der Waals surface area contributed by atoms with Crippen molar-refractivity contribution in [1.82, 2.24) is 4.90 Å². The molecule has 0 N–H and O–H groups in total. The van der Waals surface area contributed by atoms with E-state index < -0.39 is 16.8 Å². The maximum atomic E-state index is 6.96. The highest BCUT2D eigenvalue weighted by Gasteiger charge is 2.72. The van der Waals surface area contributed by atoms with E-state index in [4.69, 9.17) is 14.2 Å². The quantitative estimate of drug-likeness (QED) is 0.336. The summed E-state index contributed by atoms with van der Waals surface area (Å²) in [5, 5.41) is 0. The number of hydrogen-bond donors (Lipinski definition) is 0. The molecule has 3 aromatic rings. The monoisotopic (exact) mass is 497 g/mol. The number of nitrogens with zero attached hydrogens (tertiary/aromatic N) is 1. The Bertz CT molecular complexity index is 1040. The van der Waals surface area contributed by atoms with Crippen LogP contribution in [-0.4, -0.2) is 40.4 Å². The second kappa shape index (κ2) is 9.67. The van der Waals surface area contributed by atoms with Crippen molar-refractivity contribution in [3.8, 4) is 0 Å². The fourth-order valence-corrected chi connectivity index (χ4v) is 6.47. The molecule has 194 valence electrons. The molecule has 0 aliphatic carbocycles. The Kier molecular flexibility index (Phi) is 6.48. The molecule has 6 rings (SSSR count). The highest BCUT2D eigenvalue weighted by atomic mass is 16.7. The zero-order valence-corrected chi connectivity index (χ0v) is 22.3. The van der Waals surface area contributed by atoms with Crippen LogP contribution in [0.2, 0.25) is 0 Å². The summed E-state index contributed by atoms with van der Waals surface area (Å²) < 4.78 is 20.9. The number of benzene rings is 3. The molecule has 4 heteroatoms. The number of aryl methyl sites for hydroxylation is 3. The highest BCUT2D eigenvalue weighted by molar-refractivity contribution is 5.20. The van der Waals surface area contributed by atoms with Crippen LogP contribution in [0.1, 0.15) is 56.7 Å². The standard InChI is InChI=1S/C33H39NO3/c1-31(22-19-25-13-7-4-8-14-25)28-34-29(35-31)32(2,23-20-26-15-9-5-10-16-26)37-30(34)33(3,36-28)24-21-27-17-11-6-12-18-27/h4-18,28-30H,19-24H2,1-3H3/t28-,29-,30-,31-,32-,33-/m0/s1. The van der Waals surface area contributed by atoms with E-state index in [9.17, 15) is 0 Å². The summed E-state index contributed by atoms with van der Waals surface area (Å²) in [5.41, 5.74) is 2.81. The molecule has 0 saturated carbocycles. The first-order valence-corrected chi connectivity index (χ1v) is 13.8. The molecule has 0 bridgehead atoms.